The lowest BCUT2D eigenvalue weighted by molar-refractivity contribution is -0.125. The smallest absolute Gasteiger partial charge is 0.243 e. The number of hydrogen-bond donors (Lipinski definition) is 4. The molecule has 2 amide bonds. The molecular formula is C18H31ClN4O4S. The minimum absolute atomic E-state index is 0. The summed E-state index contributed by atoms with van der Waals surface area (Å²) in [6.07, 6.45) is 0. The van der Waals surface area contributed by atoms with E-state index in [2.05, 4.69) is 15.4 Å². The van der Waals surface area contributed by atoms with Gasteiger partial charge in [-0.05, 0) is 51.3 Å². The fourth-order valence-electron chi connectivity index (χ4n) is 2.22. The number of nitrogens with one attached hydrogen (secondary N) is 3. The summed E-state index contributed by atoms with van der Waals surface area (Å²) in [4.78, 5) is 23.9. The molecule has 28 heavy (non-hydrogen) atoms. The van der Waals surface area contributed by atoms with E-state index in [1.165, 1.54) is 6.07 Å². The zero-order chi connectivity index (χ0) is 21.0. The molecule has 0 saturated carbocycles. The molecule has 10 heteroatoms. The second-order valence-electron chi connectivity index (χ2n) is 7.87. The molecule has 0 unspecified atom stereocenters. The lowest BCUT2D eigenvalue weighted by Crippen LogP contribution is -2.46. The lowest BCUT2D eigenvalue weighted by atomic mass is 10.1. The van der Waals surface area contributed by atoms with E-state index in [9.17, 15) is 18.0 Å². The van der Waals surface area contributed by atoms with Crippen LogP contribution >= 0.6 is 12.4 Å². The topological polar surface area (TPSA) is 130 Å². The molecule has 0 fully saturated rings. The Morgan fingerprint density at radius 2 is 1.75 bits per heavy atom. The molecule has 0 aliphatic rings. The van der Waals surface area contributed by atoms with Gasteiger partial charge in [-0.15, -0.1) is 12.4 Å². The van der Waals surface area contributed by atoms with Crippen molar-refractivity contribution < 1.29 is 18.0 Å². The maximum Gasteiger partial charge on any atom is 0.243 e. The lowest BCUT2D eigenvalue weighted by Gasteiger charge is -2.21. The summed E-state index contributed by atoms with van der Waals surface area (Å²) in [5.74, 6) is -0.940. The third kappa shape index (κ3) is 8.14. The van der Waals surface area contributed by atoms with E-state index < -0.39 is 33.4 Å². The number of aryl methyl sites for hydroxylation is 1. The Kier molecular flexibility index (Phi) is 9.59. The van der Waals surface area contributed by atoms with Crippen LogP contribution in [0.1, 0.15) is 40.2 Å². The summed E-state index contributed by atoms with van der Waals surface area (Å²) >= 11 is 0. The first kappa shape index (κ1) is 26.3. The molecule has 0 saturated heterocycles. The molecule has 1 rings (SSSR count). The van der Waals surface area contributed by atoms with E-state index in [0.717, 1.165) is 0 Å². The van der Waals surface area contributed by atoms with E-state index in [0.29, 0.717) is 11.3 Å². The van der Waals surface area contributed by atoms with Crippen LogP contribution in [0.25, 0.3) is 0 Å². The standard InChI is InChI=1S/C18H30N4O4S.ClH/c1-11(2)16(19)17(24)20-10-15(23)21-13-8-7-12(3)14(9-13)27(25,26)22-18(4,5)6;/h7-9,11,16,22H,10,19H2,1-6H3,(H,20,24)(H,21,23);1H/t16-;/m0./s1. The van der Waals surface area contributed by atoms with E-state index in [1.54, 1.807) is 39.8 Å². The van der Waals surface area contributed by atoms with Crippen LogP contribution < -0.4 is 21.1 Å². The van der Waals surface area contributed by atoms with Gasteiger partial charge in [0, 0.05) is 11.2 Å². The number of halogens is 1. The first-order chi connectivity index (χ1) is 12.2. The summed E-state index contributed by atoms with van der Waals surface area (Å²) in [6.45, 7) is 10.3. The van der Waals surface area contributed by atoms with Gasteiger partial charge in [-0.2, -0.15) is 0 Å². The van der Waals surface area contributed by atoms with Gasteiger partial charge in [0.1, 0.15) is 0 Å². The Hall–Kier alpha value is -1.68. The molecule has 0 spiro atoms. The number of rotatable bonds is 7. The predicted octanol–water partition coefficient (Wildman–Crippen LogP) is 1.53. The number of hydrogen-bond acceptors (Lipinski definition) is 5. The summed E-state index contributed by atoms with van der Waals surface area (Å²) in [5, 5.41) is 5.05. The van der Waals surface area contributed by atoms with Crippen LogP contribution in [0.15, 0.2) is 23.1 Å². The zero-order valence-electron chi connectivity index (χ0n) is 17.1. The molecule has 1 aromatic carbocycles. The summed E-state index contributed by atoms with van der Waals surface area (Å²) in [5.41, 5.74) is 5.96. The van der Waals surface area contributed by atoms with Crippen molar-refractivity contribution in [3.05, 3.63) is 23.8 Å². The average molecular weight is 435 g/mol. The predicted molar refractivity (Wildman–Crippen MR) is 113 cm³/mol. The largest absolute Gasteiger partial charge is 0.346 e. The van der Waals surface area contributed by atoms with Crippen molar-refractivity contribution in [3.63, 3.8) is 0 Å². The maximum absolute atomic E-state index is 12.6. The number of nitrogens with two attached hydrogens (primary N) is 1. The number of benzene rings is 1. The van der Waals surface area contributed by atoms with Crippen molar-refractivity contribution in [1.29, 1.82) is 0 Å². The van der Waals surface area contributed by atoms with Crippen molar-refractivity contribution in [1.82, 2.24) is 10.0 Å². The van der Waals surface area contributed by atoms with Crippen molar-refractivity contribution in [2.24, 2.45) is 11.7 Å². The molecule has 5 N–H and O–H groups in total. The van der Waals surface area contributed by atoms with Crippen molar-refractivity contribution in [2.45, 2.75) is 58.0 Å². The molecule has 160 valence electrons. The number of sulfonamides is 1. The van der Waals surface area contributed by atoms with Crippen LogP contribution in [-0.4, -0.2) is 38.4 Å². The highest BCUT2D eigenvalue weighted by atomic mass is 35.5. The molecule has 0 heterocycles. The molecule has 1 atom stereocenters. The van der Waals surface area contributed by atoms with Crippen LogP contribution in [0.3, 0.4) is 0 Å². The van der Waals surface area contributed by atoms with E-state index >= 15 is 0 Å². The minimum Gasteiger partial charge on any atom is -0.346 e. The van der Waals surface area contributed by atoms with E-state index in [-0.39, 0.29) is 29.8 Å². The van der Waals surface area contributed by atoms with Gasteiger partial charge in [0.05, 0.1) is 17.5 Å². The number of anilines is 1. The Labute approximate surface area is 173 Å². The first-order valence-electron chi connectivity index (χ1n) is 8.71. The summed E-state index contributed by atoms with van der Waals surface area (Å²) in [6, 6.07) is 3.91. The number of carbonyl (C=O) groups excluding carboxylic acids is 2. The molecule has 0 aromatic heterocycles. The van der Waals surface area contributed by atoms with Crippen molar-refractivity contribution >= 4 is 39.9 Å². The summed E-state index contributed by atoms with van der Waals surface area (Å²) in [7, 11) is -3.74. The quantitative estimate of drug-likeness (QED) is 0.517. The van der Waals surface area contributed by atoms with Crippen LogP contribution in [0.5, 0.6) is 0 Å². The monoisotopic (exact) mass is 434 g/mol. The normalized spacial score (nSPS) is 12.9. The highest BCUT2D eigenvalue weighted by Gasteiger charge is 2.24. The first-order valence-corrected chi connectivity index (χ1v) is 10.2. The van der Waals surface area contributed by atoms with Crippen LogP contribution in [0.4, 0.5) is 5.69 Å². The van der Waals surface area contributed by atoms with Gasteiger partial charge in [-0.25, -0.2) is 13.1 Å². The third-order valence-electron chi connectivity index (χ3n) is 3.65. The van der Waals surface area contributed by atoms with Crippen molar-refractivity contribution in [3.8, 4) is 0 Å². The van der Waals surface area contributed by atoms with E-state index in [4.69, 9.17) is 5.73 Å². The second-order valence-corrected chi connectivity index (χ2v) is 9.52. The molecule has 0 aliphatic heterocycles. The molecule has 1 aromatic rings. The Morgan fingerprint density at radius 1 is 1.18 bits per heavy atom. The fraction of sp³-hybridized carbons (Fsp3) is 0.556. The Balaban J connectivity index is 0.00000729. The molecular weight excluding hydrogens is 404 g/mol. The summed E-state index contributed by atoms with van der Waals surface area (Å²) < 4.78 is 27.7. The fourth-order valence-corrected chi connectivity index (χ4v) is 3.91. The van der Waals surface area contributed by atoms with E-state index in [1.807, 2.05) is 13.8 Å². The zero-order valence-corrected chi connectivity index (χ0v) is 18.8. The van der Waals surface area contributed by atoms with Gasteiger partial charge in [0.15, 0.2) is 0 Å². The molecule has 0 aliphatic carbocycles. The maximum atomic E-state index is 12.6. The number of amides is 2. The van der Waals surface area contributed by atoms with Crippen molar-refractivity contribution in [2.75, 3.05) is 11.9 Å². The van der Waals surface area contributed by atoms with Gasteiger partial charge >= 0.3 is 0 Å². The third-order valence-corrected chi connectivity index (χ3v) is 5.55. The van der Waals surface area contributed by atoms with Crippen LogP contribution in [0, 0.1) is 12.8 Å². The van der Waals surface area contributed by atoms with Gasteiger partial charge in [-0.3, -0.25) is 9.59 Å². The van der Waals surface area contributed by atoms with Gasteiger partial charge in [0.25, 0.3) is 0 Å². The highest BCUT2D eigenvalue weighted by Crippen LogP contribution is 2.21. The van der Waals surface area contributed by atoms with Crippen LogP contribution in [0.2, 0.25) is 0 Å². The molecule has 0 radical (unpaired) electrons. The second kappa shape index (κ2) is 10.2. The molecule has 0 bridgehead atoms. The van der Waals surface area contributed by atoms with Gasteiger partial charge in [-0.1, -0.05) is 19.9 Å². The Morgan fingerprint density at radius 3 is 2.25 bits per heavy atom. The molecule has 8 nitrogen and oxygen atoms in total. The SMILES string of the molecule is Cc1ccc(NC(=O)CNC(=O)[C@@H](N)C(C)C)cc1S(=O)(=O)NC(C)(C)C.Cl. The number of carbonyl (C=O) groups is 2. The van der Waals surface area contributed by atoms with Gasteiger partial charge in [0.2, 0.25) is 21.8 Å². The van der Waals surface area contributed by atoms with Gasteiger partial charge < -0.3 is 16.4 Å². The minimum atomic E-state index is -3.74. The Bertz CT molecular complexity index is 804. The highest BCUT2D eigenvalue weighted by molar-refractivity contribution is 7.89. The van der Waals surface area contributed by atoms with Crippen LogP contribution in [-0.2, 0) is 19.6 Å². The average Bonchev–Trinajstić information content (AvgIpc) is 2.51.